The maximum Gasteiger partial charge on any atom is 0.407 e. The number of rotatable bonds is 17. The van der Waals surface area contributed by atoms with E-state index in [2.05, 4.69) is 142 Å². The number of methoxy groups -OCH3 is 1. The van der Waals surface area contributed by atoms with Crippen LogP contribution in [0.1, 0.15) is 75.5 Å². The van der Waals surface area contributed by atoms with Crippen LogP contribution in [0.15, 0.2) is 102 Å². The number of aliphatic imine (C=N–C) groups is 1. The monoisotopic (exact) mass is 829 g/mol. The molecular weight excluding hydrogens is 765 g/mol. The van der Waals surface area contributed by atoms with Gasteiger partial charge in [-0.3, -0.25) is 14.7 Å². The lowest BCUT2D eigenvalue weighted by atomic mass is 9.95. The molecule has 12 heteroatoms. The number of imidazole rings is 1. The van der Waals surface area contributed by atoms with Crippen LogP contribution in [0.5, 0.6) is 0 Å². The fraction of sp³-hybridized carbons (Fsp3) is 0.367. The summed E-state index contributed by atoms with van der Waals surface area (Å²) in [6.45, 7) is 16.3. The first-order valence-electron chi connectivity index (χ1n) is 21.3. The number of nitrogens with one attached hydrogen (secondary N) is 4. The second-order valence-electron chi connectivity index (χ2n) is 14.9. The third kappa shape index (κ3) is 14.5. The zero-order valence-electron chi connectivity index (χ0n) is 36.8. The number of aldehydes is 1. The van der Waals surface area contributed by atoms with E-state index in [-0.39, 0.29) is 18.5 Å². The zero-order valence-corrected chi connectivity index (χ0v) is 36.8. The van der Waals surface area contributed by atoms with E-state index in [4.69, 9.17) is 0 Å². The third-order valence-electron chi connectivity index (χ3n) is 9.95. The van der Waals surface area contributed by atoms with Crippen LogP contribution in [0.4, 0.5) is 4.79 Å². The molecule has 324 valence electrons. The Morgan fingerprint density at radius 2 is 1.59 bits per heavy atom. The van der Waals surface area contributed by atoms with Crippen molar-refractivity contribution in [2.24, 2.45) is 4.99 Å². The molecule has 0 spiro atoms. The fourth-order valence-corrected chi connectivity index (χ4v) is 7.00. The Morgan fingerprint density at radius 1 is 0.902 bits per heavy atom. The number of nitrogens with zero attached hydrogens (tertiary/aromatic N) is 4. The van der Waals surface area contributed by atoms with E-state index in [1.54, 1.807) is 11.1 Å². The summed E-state index contributed by atoms with van der Waals surface area (Å²) >= 11 is 0. The molecule has 12 nitrogen and oxygen atoms in total. The Balaban J connectivity index is 0.000000457. The standard InChI is InChI=1S/C36H45N7O3.C10H11NO.C3H8/c1-6-17-42(4)25-34-39-23-33(41-34)27-10-8-26(9-11-27)28-12-13-30-21-31(15-14-29(30)20-28)32(22-37-3)38-16-19-43(18-7-2)35(44)24-40-36(45)46-5;12-7-10-9-4-2-1-3-8(9)5-6-11-10;1-3-2/h8-15,20-23,38H,3,6-7,16-19,24-25H2,1-2,4-5H3,(H,39,41)(H,40,45);1-4,7,10-11H,5-6H2;3H2,1-2H3/b32-22-;;. The van der Waals surface area contributed by atoms with E-state index in [0.29, 0.717) is 19.6 Å². The first kappa shape index (κ1) is 47.6. The van der Waals surface area contributed by atoms with E-state index >= 15 is 0 Å². The van der Waals surface area contributed by atoms with Crippen LogP contribution in [0.3, 0.4) is 0 Å². The van der Waals surface area contributed by atoms with Crippen molar-refractivity contribution < 1.29 is 19.1 Å². The molecule has 0 fully saturated rings. The van der Waals surface area contributed by atoms with E-state index in [0.717, 1.165) is 101 Å². The number of alkyl carbamates (subject to hydrolysis) is 1. The number of carbonyl (C=O) groups is 3. The lowest BCUT2D eigenvalue weighted by molar-refractivity contribution is -0.130. The number of aromatic amines is 1. The molecule has 0 saturated heterocycles. The maximum atomic E-state index is 12.6. The molecule has 1 atom stereocenters. The number of amides is 2. The zero-order chi connectivity index (χ0) is 44.0. The minimum absolute atomic E-state index is 0.0880. The molecule has 0 saturated carbocycles. The summed E-state index contributed by atoms with van der Waals surface area (Å²) in [6, 6.07) is 29.3. The van der Waals surface area contributed by atoms with Gasteiger partial charge in [0, 0.05) is 32.4 Å². The van der Waals surface area contributed by atoms with Crippen molar-refractivity contribution in [1.82, 2.24) is 35.7 Å². The highest BCUT2D eigenvalue weighted by Gasteiger charge is 2.18. The van der Waals surface area contributed by atoms with Gasteiger partial charge < -0.3 is 35.4 Å². The number of ether oxygens (including phenoxy) is 1. The molecule has 5 aromatic rings. The maximum absolute atomic E-state index is 12.6. The summed E-state index contributed by atoms with van der Waals surface area (Å²) in [5.74, 6) is 0.804. The van der Waals surface area contributed by atoms with Crippen LogP contribution in [-0.4, -0.2) is 98.2 Å². The molecule has 2 amide bonds. The number of H-pyrrole nitrogens is 1. The second kappa shape index (κ2) is 25.5. The van der Waals surface area contributed by atoms with Crippen molar-refractivity contribution in [3.05, 3.63) is 120 Å². The van der Waals surface area contributed by atoms with E-state index < -0.39 is 6.09 Å². The number of aromatic nitrogens is 2. The molecule has 6 rings (SSSR count). The Morgan fingerprint density at radius 3 is 2.30 bits per heavy atom. The van der Waals surface area contributed by atoms with Crippen molar-refractivity contribution in [1.29, 1.82) is 0 Å². The topological polar surface area (TPSA) is 144 Å². The highest BCUT2D eigenvalue weighted by atomic mass is 16.5. The summed E-state index contributed by atoms with van der Waals surface area (Å²) in [7, 11) is 3.38. The molecule has 1 unspecified atom stereocenters. The number of benzene rings is 4. The summed E-state index contributed by atoms with van der Waals surface area (Å²) in [5, 5.41) is 11.2. The molecule has 1 aromatic heterocycles. The van der Waals surface area contributed by atoms with Gasteiger partial charge in [-0.1, -0.05) is 107 Å². The largest absolute Gasteiger partial charge is 0.453 e. The van der Waals surface area contributed by atoms with Crippen LogP contribution < -0.4 is 16.0 Å². The molecule has 0 bridgehead atoms. The van der Waals surface area contributed by atoms with E-state index in [1.165, 1.54) is 19.1 Å². The van der Waals surface area contributed by atoms with Crippen molar-refractivity contribution in [2.75, 3.05) is 53.4 Å². The average molecular weight is 829 g/mol. The molecule has 1 aliphatic rings. The van der Waals surface area contributed by atoms with Crippen LogP contribution in [0, 0.1) is 0 Å². The second-order valence-corrected chi connectivity index (χ2v) is 14.9. The Bertz CT molecular complexity index is 2180. The smallest absolute Gasteiger partial charge is 0.407 e. The normalized spacial score (nSPS) is 13.2. The van der Waals surface area contributed by atoms with Gasteiger partial charge in [-0.15, -0.1) is 0 Å². The molecule has 0 radical (unpaired) electrons. The van der Waals surface area contributed by atoms with Crippen molar-refractivity contribution in [3.8, 4) is 22.4 Å². The van der Waals surface area contributed by atoms with Gasteiger partial charge >= 0.3 is 6.09 Å². The lowest BCUT2D eigenvalue weighted by Crippen LogP contribution is -2.43. The highest BCUT2D eigenvalue weighted by Crippen LogP contribution is 2.29. The van der Waals surface area contributed by atoms with Crippen molar-refractivity contribution in [3.63, 3.8) is 0 Å². The molecular formula is C49H64N8O4. The summed E-state index contributed by atoms with van der Waals surface area (Å²) in [5.41, 5.74) is 8.63. The van der Waals surface area contributed by atoms with Crippen LogP contribution in [0.25, 0.3) is 38.9 Å². The molecule has 61 heavy (non-hydrogen) atoms. The van der Waals surface area contributed by atoms with Crippen LogP contribution in [-0.2, 0) is 27.3 Å². The van der Waals surface area contributed by atoms with Crippen LogP contribution >= 0.6 is 0 Å². The first-order chi connectivity index (χ1) is 29.7. The first-order valence-corrected chi connectivity index (χ1v) is 21.3. The lowest BCUT2D eigenvalue weighted by Gasteiger charge is -2.23. The van der Waals surface area contributed by atoms with Gasteiger partial charge in [0.25, 0.3) is 0 Å². The quantitative estimate of drug-likeness (QED) is 0.0541. The van der Waals surface area contributed by atoms with Crippen molar-refractivity contribution >= 4 is 41.5 Å². The summed E-state index contributed by atoms with van der Waals surface area (Å²) in [4.78, 5) is 50.6. The van der Waals surface area contributed by atoms with Gasteiger partial charge in [-0.05, 0) is 95.9 Å². The third-order valence-corrected chi connectivity index (χ3v) is 9.95. The molecule has 0 aliphatic carbocycles. The number of carbonyl (C=O) groups excluding carboxylic acids is 3. The predicted molar refractivity (Wildman–Crippen MR) is 249 cm³/mol. The van der Waals surface area contributed by atoms with Crippen LogP contribution in [0.2, 0.25) is 0 Å². The van der Waals surface area contributed by atoms with Gasteiger partial charge in [-0.25, -0.2) is 9.78 Å². The fourth-order valence-electron chi connectivity index (χ4n) is 7.00. The molecule has 4 N–H and O–H groups in total. The Labute approximate surface area is 361 Å². The number of fused-ring (bicyclic) bond motifs is 2. The SMILES string of the molecule is C=N/C=C(\NCCN(CCC)C(=O)CNC(=O)OC)c1ccc2cc(-c3ccc(-c4cnc(CN(C)CCC)[nH]4)cc3)ccc2c1.CCC.O=CC1NCCc2ccccc21. The van der Waals surface area contributed by atoms with Gasteiger partial charge in [0.1, 0.15) is 18.7 Å². The molecule has 1 aliphatic heterocycles. The molecule has 2 heterocycles. The van der Waals surface area contributed by atoms with Gasteiger partial charge in [0.2, 0.25) is 5.91 Å². The number of hydrogen-bond donors (Lipinski definition) is 4. The van der Waals surface area contributed by atoms with Gasteiger partial charge in [0.15, 0.2) is 0 Å². The van der Waals surface area contributed by atoms with E-state index in [9.17, 15) is 14.4 Å². The van der Waals surface area contributed by atoms with Gasteiger partial charge in [-0.2, -0.15) is 0 Å². The summed E-state index contributed by atoms with van der Waals surface area (Å²) < 4.78 is 4.56. The number of hydrogen-bond acceptors (Lipinski definition) is 9. The minimum atomic E-state index is -0.628. The predicted octanol–water partition coefficient (Wildman–Crippen LogP) is 8.41. The van der Waals surface area contributed by atoms with Crippen molar-refractivity contribution in [2.45, 2.75) is 66.0 Å². The minimum Gasteiger partial charge on any atom is -0.453 e. The average Bonchev–Trinajstić information content (AvgIpc) is 3.75. The summed E-state index contributed by atoms with van der Waals surface area (Å²) in [6.07, 6.45) is 8.14. The Kier molecular flexibility index (Phi) is 19.9. The van der Waals surface area contributed by atoms with E-state index in [1.807, 2.05) is 31.3 Å². The highest BCUT2D eigenvalue weighted by molar-refractivity contribution is 5.90. The Hall–Kier alpha value is -6.11. The van der Waals surface area contributed by atoms with Gasteiger partial charge in [0.05, 0.1) is 37.3 Å². The molecule has 4 aromatic carbocycles.